The lowest BCUT2D eigenvalue weighted by molar-refractivity contribution is -0.137. The number of rotatable bonds is 2. The fraction of sp³-hybridized carbons (Fsp3) is 0.182. The highest BCUT2D eigenvalue weighted by Gasteiger charge is 2.15. The summed E-state index contributed by atoms with van der Waals surface area (Å²) < 4.78 is 4.63. The van der Waals surface area contributed by atoms with Gasteiger partial charge in [-0.25, -0.2) is 9.78 Å². The van der Waals surface area contributed by atoms with E-state index in [0.29, 0.717) is 11.1 Å². The molecule has 0 spiro atoms. The fourth-order valence-corrected chi connectivity index (χ4v) is 1.36. The molecule has 5 heteroatoms. The summed E-state index contributed by atoms with van der Waals surface area (Å²) in [5.74, 6) is -1.21. The SMILES string of the molecule is CCC(=O)OC(=O)c1cccc2[nH]cnc12. The second kappa shape index (κ2) is 4.14. The van der Waals surface area contributed by atoms with Gasteiger partial charge in [0.1, 0.15) is 5.52 Å². The molecule has 5 nitrogen and oxygen atoms in total. The third kappa shape index (κ3) is 1.79. The van der Waals surface area contributed by atoms with Gasteiger partial charge in [0.25, 0.3) is 0 Å². The van der Waals surface area contributed by atoms with E-state index in [1.807, 2.05) is 0 Å². The van der Waals surface area contributed by atoms with Crippen LogP contribution in [0.15, 0.2) is 24.5 Å². The van der Waals surface area contributed by atoms with Crippen LogP contribution in [0.4, 0.5) is 0 Å². The summed E-state index contributed by atoms with van der Waals surface area (Å²) in [6.45, 7) is 1.63. The van der Waals surface area contributed by atoms with Crippen molar-refractivity contribution < 1.29 is 14.3 Å². The van der Waals surface area contributed by atoms with Crippen molar-refractivity contribution in [1.82, 2.24) is 9.97 Å². The van der Waals surface area contributed by atoms with Crippen LogP contribution in [0, 0.1) is 0 Å². The minimum atomic E-state index is -0.662. The Morgan fingerprint density at radius 1 is 1.44 bits per heavy atom. The van der Waals surface area contributed by atoms with E-state index in [2.05, 4.69) is 14.7 Å². The van der Waals surface area contributed by atoms with Crippen LogP contribution in [0.2, 0.25) is 0 Å². The van der Waals surface area contributed by atoms with Gasteiger partial charge < -0.3 is 9.72 Å². The highest BCUT2D eigenvalue weighted by Crippen LogP contribution is 2.15. The monoisotopic (exact) mass is 218 g/mol. The smallest absolute Gasteiger partial charge is 0.348 e. The van der Waals surface area contributed by atoms with E-state index >= 15 is 0 Å². The number of nitrogens with one attached hydrogen (secondary N) is 1. The van der Waals surface area contributed by atoms with Crippen molar-refractivity contribution in [3.63, 3.8) is 0 Å². The van der Waals surface area contributed by atoms with E-state index in [1.54, 1.807) is 25.1 Å². The van der Waals surface area contributed by atoms with Gasteiger partial charge in [0.15, 0.2) is 0 Å². The summed E-state index contributed by atoms with van der Waals surface area (Å²) in [6.07, 6.45) is 1.66. The summed E-state index contributed by atoms with van der Waals surface area (Å²) in [5, 5.41) is 0. The largest absolute Gasteiger partial charge is 0.389 e. The second-order valence-corrected chi connectivity index (χ2v) is 3.22. The number of fused-ring (bicyclic) bond motifs is 1. The molecule has 82 valence electrons. The van der Waals surface area contributed by atoms with Gasteiger partial charge in [0.2, 0.25) is 0 Å². The third-order valence-electron chi connectivity index (χ3n) is 2.16. The fourth-order valence-electron chi connectivity index (χ4n) is 1.36. The number of esters is 2. The lowest BCUT2D eigenvalue weighted by Gasteiger charge is -2.01. The Bertz CT molecular complexity index is 545. The minimum Gasteiger partial charge on any atom is -0.389 e. The molecule has 16 heavy (non-hydrogen) atoms. The molecule has 0 saturated heterocycles. The highest BCUT2D eigenvalue weighted by molar-refractivity contribution is 6.05. The molecule has 0 saturated carbocycles. The van der Waals surface area contributed by atoms with Gasteiger partial charge in [0, 0.05) is 6.42 Å². The molecule has 0 bridgehead atoms. The zero-order chi connectivity index (χ0) is 11.5. The van der Waals surface area contributed by atoms with E-state index in [4.69, 9.17) is 0 Å². The summed E-state index contributed by atoms with van der Waals surface area (Å²) in [5.41, 5.74) is 1.54. The summed E-state index contributed by atoms with van der Waals surface area (Å²) in [6, 6.07) is 5.07. The maximum absolute atomic E-state index is 11.6. The quantitative estimate of drug-likeness (QED) is 0.614. The van der Waals surface area contributed by atoms with Crippen LogP contribution < -0.4 is 0 Å². The number of para-hydroxylation sites is 1. The molecule has 0 aliphatic heterocycles. The molecule has 1 heterocycles. The lowest BCUT2D eigenvalue weighted by atomic mass is 10.2. The van der Waals surface area contributed by atoms with Crippen molar-refractivity contribution in [2.75, 3.05) is 0 Å². The van der Waals surface area contributed by atoms with Gasteiger partial charge in [-0.15, -0.1) is 0 Å². The summed E-state index contributed by atoms with van der Waals surface area (Å²) in [7, 11) is 0. The van der Waals surface area contributed by atoms with Crippen LogP contribution in [0.3, 0.4) is 0 Å². The maximum atomic E-state index is 11.6. The van der Waals surface area contributed by atoms with E-state index in [9.17, 15) is 9.59 Å². The first kappa shape index (κ1) is 10.4. The third-order valence-corrected chi connectivity index (χ3v) is 2.16. The number of nitrogens with zero attached hydrogens (tertiary/aromatic N) is 1. The first-order valence-electron chi connectivity index (χ1n) is 4.89. The van der Waals surface area contributed by atoms with Gasteiger partial charge in [-0.1, -0.05) is 13.0 Å². The van der Waals surface area contributed by atoms with Gasteiger partial charge in [0.05, 0.1) is 17.4 Å². The normalized spacial score (nSPS) is 10.3. The second-order valence-electron chi connectivity index (χ2n) is 3.22. The first-order chi connectivity index (χ1) is 7.72. The average Bonchev–Trinajstić information content (AvgIpc) is 2.76. The number of H-pyrrole nitrogens is 1. The van der Waals surface area contributed by atoms with E-state index in [-0.39, 0.29) is 6.42 Å². The van der Waals surface area contributed by atoms with Crippen molar-refractivity contribution in [2.45, 2.75) is 13.3 Å². The number of aromatic amines is 1. The van der Waals surface area contributed by atoms with Crippen molar-refractivity contribution >= 4 is 23.0 Å². The molecule has 0 unspecified atom stereocenters. The van der Waals surface area contributed by atoms with Crippen LogP contribution in [-0.2, 0) is 9.53 Å². The molecule has 1 aromatic heterocycles. The number of hydrogen-bond donors (Lipinski definition) is 1. The predicted octanol–water partition coefficient (Wildman–Crippen LogP) is 1.66. The van der Waals surface area contributed by atoms with Gasteiger partial charge in [-0.2, -0.15) is 0 Å². The topological polar surface area (TPSA) is 72.1 Å². The van der Waals surface area contributed by atoms with E-state index < -0.39 is 11.9 Å². The molecule has 1 N–H and O–H groups in total. The minimum absolute atomic E-state index is 0.169. The van der Waals surface area contributed by atoms with Gasteiger partial charge in [-0.3, -0.25) is 4.79 Å². The van der Waals surface area contributed by atoms with Crippen molar-refractivity contribution in [1.29, 1.82) is 0 Å². The molecular weight excluding hydrogens is 208 g/mol. The van der Waals surface area contributed by atoms with Crippen molar-refractivity contribution in [2.24, 2.45) is 0 Å². The van der Waals surface area contributed by atoms with Crippen LogP contribution in [0.1, 0.15) is 23.7 Å². The molecule has 0 radical (unpaired) electrons. The Labute approximate surface area is 91.4 Å². The Morgan fingerprint density at radius 3 is 3.00 bits per heavy atom. The van der Waals surface area contributed by atoms with E-state index in [0.717, 1.165) is 5.52 Å². The summed E-state index contributed by atoms with van der Waals surface area (Å²) in [4.78, 5) is 29.5. The molecular formula is C11H10N2O3. The Balaban J connectivity index is 2.36. The van der Waals surface area contributed by atoms with E-state index in [1.165, 1.54) is 6.33 Å². The number of hydrogen-bond acceptors (Lipinski definition) is 4. The van der Waals surface area contributed by atoms with Gasteiger partial charge >= 0.3 is 11.9 Å². The molecule has 0 atom stereocenters. The van der Waals surface area contributed by atoms with Gasteiger partial charge in [-0.05, 0) is 12.1 Å². The predicted molar refractivity (Wildman–Crippen MR) is 56.8 cm³/mol. The standard InChI is InChI=1S/C11H10N2O3/c1-2-9(14)16-11(15)7-4-3-5-8-10(7)13-6-12-8/h3-6H,2H2,1H3,(H,12,13). The van der Waals surface area contributed by atoms with Crippen LogP contribution >= 0.6 is 0 Å². The van der Waals surface area contributed by atoms with Crippen molar-refractivity contribution in [3.05, 3.63) is 30.1 Å². The molecule has 1 aromatic carbocycles. The number of carbonyl (C=O) groups excluding carboxylic acids is 2. The number of ether oxygens (including phenoxy) is 1. The van der Waals surface area contributed by atoms with Crippen molar-refractivity contribution in [3.8, 4) is 0 Å². The van der Waals surface area contributed by atoms with Crippen LogP contribution in [0.5, 0.6) is 0 Å². The Morgan fingerprint density at radius 2 is 2.25 bits per heavy atom. The highest BCUT2D eigenvalue weighted by atomic mass is 16.6. The van der Waals surface area contributed by atoms with Crippen LogP contribution in [-0.4, -0.2) is 21.9 Å². The zero-order valence-corrected chi connectivity index (χ0v) is 8.69. The number of carbonyl (C=O) groups is 2. The molecule has 0 amide bonds. The lowest BCUT2D eigenvalue weighted by Crippen LogP contribution is -2.11. The van der Waals surface area contributed by atoms with Crippen LogP contribution in [0.25, 0.3) is 11.0 Å². The average molecular weight is 218 g/mol. The molecule has 0 aliphatic rings. The number of benzene rings is 1. The summed E-state index contributed by atoms with van der Waals surface area (Å²) >= 11 is 0. The Kier molecular flexibility index (Phi) is 2.68. The molecule has 2 aromatic rings. The molecule has 0 fully saturated rings. The first-order valence-corrected chi connectivity index (χ1v) is 4.89. The molecule has 2 rings (SSSR count). The zero-order valence-electron chi connectivity index (χ0n) is 8.69. The Hall–Kier alpha value is -2.17. The molecule has 0 aliphatic carbocycles. The number of imidazole rings is 1. The number of aromatic nitrogens is 2. The maximum Gasteiger partial charge on any atom is 0.348 e.